The van der Waals surface area contributed by atoms with E-state index in [1.54, 1.807) is 26.1 Å². The van der Waals surface area contributed by atoms with Crippen molar-refractivity contribution in [2.24, 2.45) is 0 Å². The van der Waals surface area contributed by atoms with Gasteiger partial charge < -0.3 is 19.6 Å². The first kappa shape index (κ1) is 26.7. The summed E-state index contributed by atoms with van der Waals surface area (Å²) < 4.78 is 10.5. The number of aryl methyl sites for hydroxylation is 2. The molecule has 0 unspecified atom stereocenters. The quantitative estimate of drug-likeness (QED) is 0.0994. The molecule has 0 spiro atoms. The maximum absolute atomic E-state index is 11.4. The summed E-state index contributed by atoms with van der Waals surface area (Å²) in [6, 6.07) is 3.37. The van der Waals surface area contributed by atoms with Crippen LogP contribution in [0.25, 0.3) is 5.32 Å². The summed E-state index contributed by atoms with van der Waals surface area (Å²) in [5, 5.41) is 12.7. The molecule has 0 aliphatic heterocycles. The zero-order valence-corrected chi connectivity index (χ0v) is 24.3. The van der Waals surface area contributed by atoms with E-state index in [0.717, 1.165) is 5.56 Å². The second-order valence-corrected chi connectivity index (χ2v) is 4.04. The number of esters is 1. The SMILES string of the molecule is CCc1cc(OC(=O)[CH-]O[N+](=O)[O-])c(C)cc1OC[N-]C.[Re].[Rf].[Ru+]. The number of hydrogen-bond acceptors (Lipinski definition) is 6. The Morgan fingerprint density at radius 2 is 2.00 bits per heavy atom. The normalized spacial score (nSPS) is 8.62. The number of hydrogen-bond donors (Lipinski definition) is 0. The van der Waals surface area contributed by atoms with E-state index in [9.17, 15) is 14.9 Å². The molecule has 1 rings (SSSR count). The maximum atomic E-state index is 11.4. The van der Waals surface area contributed by atoms with Crippen molar-refractivity contribution in [2.75, 3.05) is 13.8 Å². The second kappa shape index (κ2) is 13.3. The number of carbonyl (C=O) groups is 1. The molecular weight excluding hydrogens is 834 g/mol. The molecule has 0 amide bonds. The number of nitrogens with zero attached hydrogens (tertiary/aromatic N) is 2. The standard InChI is InChI=1S/C13H16N2O6.Re.Rf.Ru/c1-4-10-6-11(21-13(16)7-20-15(17)18)9(2)5-12(10)19-8-14-3;;;/h5-7H,4,8H2,1-3H3;;;/q-2;;;+1. The third-order valence-electron chi connectivity index (χ3n) is 2.53. The van der Waals surface area contributed by atoms with Gasteiger partial charge in [-0.15, -0.1) is 16.7 Å². The molecule has 0 N–H and O–H groups in total. The van der Waals surface area contributed by atoms with Gasteiger partial charge in [0.15, 0.2) is 5.97 Å². The molecule has 0 saturated carbocycles. The van der Waals surface area contributed by atoms with Crippen LogP contribution in [0.2, 0.25) is 0 Å². The van der Waals surface area contributed by atoms with Crippen LogP contribution in [0, 0.1) is 23.6 Å². The van der Waals surface area contributed by atoms with Crippen LogP contribution in [0.5, 0.6) is 11.5 Å². The van der Waals surface area contributed by atoms with E-state index in [4.69, 9.17) is 9.47 Å². The molecule has 0 aliphatic rings. The Labute approximate surface area is 160 Å². The van der Waals surface area contributed by atoms with E-state index in [2.05, 4.69) is 10.2 Å². The van der Waals surface area contributed by atoms with Crippen LogP contribution in [0.1, 0.15) is 18.1 Å². The summed E-state index contributed by atoms with van der Waals surface area (Å²) in [6.45, 7) is 4.28. The Hall–Kier alpha value is -2.19. The fourth-order valence-electron chi connectivity index (χ4n) is 1.58. The van der Waals surface area contributed by atoms with Crippen LogP contribution in [0.4, 0.5) is 0 Å². The average molecular weight is 851 g/mol. The van der Waals surface area contributed by atoms with Crippen molar-refractivity contribution in [1.29, 1.82) is 0 Å². The Balaban J connectivity index is -0.00000147. The van der Waals surface area contributed by atoms with Crippen molar-refractivity contribution in [3.05, 3.63) is 45.3 Å². The minimum absolute atomic E-state index is 0. The van der Waals surface area contributed by atoms with Gasteiger partial charge in [0.1, 0.15) is 11.5 Å². The molecule has 1 aromatic rings. The van der Waals surface area contributed by atoms with Crippen molar-refractivity contribution in [2.45, 2.75) is 20.3 Å². The zero-order chi connectivity index (χ0) is 15.8. The van der Waals surface area contributed by atoms with Gasteiger partial charge in [-0.05, 0) is 36.6 Å². The fourth-order valence-corrected chi connectivity index (χ4v) is 1.58. The molecule has 0 bridgehead atoms. The Morgan fingerprint density at radius 3 is 2.50 bits per heavy atom. The summed E-state index contributed by atoms with van der Waals surface area (Å²) >= 11 is 0. The topological polar surface area (TPSA) is 102 Å². The van der Waals surface area contributed by atoms with E-state index in [1.165, 1.54) is 0 Å². The molecule has 0 heterocycles. The Bertz CT molecular complexity index is 535. The zero-order valence-electron chi connectivity index (χ0n) is 13.4. The van der Waals surface area contributed by atoms with Crippen LogP contribution in [0.15, 0.2) is 12.1 Å². The molecule has 24 heavy (non-hydrogen) atoms. The number of rotatable bonds is 8. The van der Waals surface area contributed by atoms with E-state index in [-0.39, 0.29) is 46.6 Å². The molecule has 0 fully saturated rings. The summed E-state index contributed by atoms with van der Waals surface area (Å²) in [5.41, 5.74) is 1.49. The van der Waals surface area contributed by atoms with Gasteiger partial charge in [-0.1, -0.05) is 6.92 Å². The predicted octanol–water partition coefficient (Wildman–Crippen LogP) is 2.17. The monoisotopic (exact) mass is 852 g/mol. The van der Waals surface area contributed by atoms with Gasteiger partial charge in [0, 0.05) is 27.2 Å². The van der Waals surface area contributed by atoms with Crippen molar-refractivity contribution in [1.82, 2.24) is 0 Å². The van der Waals surface area contributed by atoms with E-state index in [0.29, 0.717) is 30.1 Å². The average Bonchev–Trinajstić information content (AvgIpc) is 2.45. The Morgan fingerprint density at radius 1 is 1.38 bits per heavy atom. The summed E-state index contributed by atoms with van der Waals surface area (Å²) in [7, 11) is 1.64. The van der Waals surface area contributed by atoms with Gasteiger partial charge >= 0.3 is 19.5 Å². The Kier molecular flexibility index (Phi) is 14.8. The minimum Gasteiger partial charge on any atom is -0.632 e. The fraction of sp³-hybridized carbons (Fsp3) is 0.385. The van der Waals surface area contributed by atoms with Crippen molar-refractivity contribution >= 4 is 5.97 Å². The van der Waals surface area contributed by atoms with E-state index >= 15 is 0 Å². The van der Waals surface area contributed by atoms with E-state index in [1.807, 2.05) is 6.92 Å². The van der Waals surface area contributed by atoms with Crippen molar-refractivity contribution < 1.29 is 64.1 Å². The third kappa shape index (κ3) is 8.44. The number of benzene rings is 1. The first-order valence-corrected chi connectivity index (χ1v) is 6.16. The van der Waals surface area contributed by atoms with Crippen molar-refractivity contribution in [3.8, 4) is 11.5 Å². The first-order valence-electron chi connectivity index (χ1n) is 6.16. The minimum atomic E-state index is -1.10. The smallest absolute Gasteiger partial charge is 0.632 e. The molecule has 0 aliphatic carbocycles. The number of ether oxygens (including phenoxy) is 2. The molecule has 1 aromatic carbocycles. The van der Waals surface area contributed by atoms with E-state index < -0.39 is 11.1 Å². The molecular formula is C13H16N2O6ReRfRu-. The van der Waals surface area contributed by atoms with Gasteiger partial charge in [-0.2, -0.15) is 7.05 Å². The van der Waals surface area contributed by atoms with Crippen LogP contribution in [-0.2, 0) is 56.0 Å². The second-order valence-electron chi connectivity index (χ2n) is 4.04. The largest absolute Gasteiger partial charge is 1.00 e. The molecule has 132 valence electrons. The maximum Gasteiger partial charge on any atom is 1.00 e. The number of carbonyl (C=O) groups excluding carboxylic acids is 1. The van der Waals surface area contributed by atoms with Crippen LogP contribution in [-0.4, -0.2) is 24.8 Å². The third-order valence-corrected chi connectivity index (χ3v) is 2.53. The van der Waals surface area contributed by atoms with Gasteiger partial charge in [-0.25, -0.2) is 0 Å². The van der Waals surface area contributed by atoms with Crippen molar-refractivity contribution in [3.63, 3.8) is 0 Å². The van der Waals surface area contributed by atoms with Gasteiger partial charge in [-0.3, -0.25) is 4.79 Å². The molecule has 11 heteroatoms. The van der Waals surface area contributed by atoms with Crippen LogP contribution < -0.4 is 9.47 Å². The molecule has 2 radical (unpaired) electrons. The summed E-state index contributed by atoms with van der Waals surface area (Å²) in [5.74, 6) is -0.0131. The predicted molar refractivity (Wildman–Crippen MR) is 73.3 cm³/mol. The molecule has 0 saturated heterocycles. The van der Waals surface area contributed by atoms with Gasteiger partial charge in [0.05, 0.1) is 0 Å². The van der Waals surface area contributed by atoms with Crippen LogP contribution in [0.3, 0.4) is 0 Å². The summed E-state index contributed by atoms with van der Waals surface area (Å²) in [4.78, 5) is 25.2. The molecule has 8 nitrogen and oxygen atoms in total. The molecule has 0 aromatic heterocycles. The summed E-state index contributed by atoms with van der Waals surface area (Å²) in [6.07, 6.45) is 0.666. The van der Waals surface area contributed by atoms with Crippen LogP contribution >= 0.6 is 0 Å². The molecule has 0 atom stereocenters. The van der Waals surface area contributed by atoms with Gasteiger partial charge in [0.25, 0.3) is 5.09 Å². The first-order chi connectivity index (χ1) is 9.97. The van der Waals surface area contributed by atoms with Gasteiger partial charge in [0.2, 0.25) is 0 Å².